The number of ether oxygens (including phenoxy) is 2. The molecule has 0 aromatic heterocycles. The Kier molecular flexibility index (Phi) is 8.58. The molecular weight excluding hydrogens is 580 g/mol. The molecular formula is C27H22BrClN2O5S. The maximum atomic E-state index is 12.9. The number of nitrogens with one attached hydrogen (secondary N) is 1. The van der Waals surface area contributed by atoms with Crippen molar-refractivity contribution in [3.63, 3.8) is 0 Å². The Morgan fingerprint density at radius 1 is 1.14 bits per heavy atom. The van der Waals surface area contributed by atoms with Crippen LogP contribution in [0.25, 0.3) is 6.08 Å². The first-order valence-electron chi connectivity index (χ1n) is 11.1. The molecule has 3 aromatic rings. The van der Waals surface area contributed by atoms with Gasteiger partial charge in [-0.2, -0.15) is 0 Å². The van der Waals surface area contributed by atoms with Crippen molar-refractivity contribution in [1.82, 2.24) is 4.90 Å². The number of hydrogen-bond donors (Lipinski definition) is 1. The third kappa shape index (κ3) is 6.74. The second-order valence-electron chi connectivity index (χ2n) is 8.13. The van der Waals surface area contributed by atoms with Crippen molar-refractivity contribution in [2.24, 2.45) is 0 Å². The van der Waals surface area contributed by atoms with Gasteiger partial charge in [-0.25, -0.2) is 0 Å². The highest BCUT2D eigenvalue weighted by Gasteiger charge is 2.35. The van der Waals surface area contributed by atoms with Crippen molar-refractivity contribution in [2.75, 3.05) is 19.0 Å². The molecule has 0 spiro atoms. The Bertz CT molecular complexity index is 1390. The van der Waals surface area contributed by atoms with Gasteiger partial charge in [-0.3, -0.25) is 19.3 Å². The highest BCUT2D eigenvalue weighted by atomic mass is 79.9. The summed E-state index contributed by atoms with van der Waals surface area (Å²) in [5, 5.41) is 2.61. The minimum absolute atomic E-state index is 0.177. The van der Waals surface area contributed by atoms with Crippen molar-refractivity contribution in [3.8, 4) is 11.5 Å². The molecule has 0 bridgehead atoms. The fraction of sp³-hybridized carbons (Fsp3) is 0.148. The summed E-state index contributed by atoms with van der Waals surface area (Å²) < 4.78 is 12.0. The quantitative estimate of drug-likeness (QED) is 0.290. The smallest absolute Gasteiger partial charge is 0.293 e. The van der Waals surface area contributed by atoms with Gasteiger partial charge in [0.2, 0.25) is 0 Å². The predicted molar refractivity (Wildman–Crippen MR) is 149 cm³/mol. The summed E-state index contributed by atoms with van der Waals surface area (Å²) >= 11 is 10.7. The molecule has 4 rings (SSSR count). The van der Waals surface area contributed by atoms with E-state index in [-0.39, 0.29) is 51.6 Å². The van der Waals surface area contributed by atoms with Crippen LogP contribution in [0.4, 0.5) is 10.5 Å². The molecule has 1 fully saturated rings. The van der Waals surface area contributed by atoms with E-state index in [2.05, 4.69) is 21.2 Å². The van der Waals surface area contributed by atoms with E-state index in [0.29, 0.717) is 11.3 Å². The van der Waals surface area contributed by atoms with E-state index in [4.69, 9.17) is 21.1 Å². The number of aryl methyl sites for hydroxylation is 1. The maximum absolute atomic E-state index is 12.9. The van der Waals surface area contributed by atoms with Crippen LogP contribution in [0.1, 0.15) is 16.7 Å². The number of hydrogen-bond acceptors (Lipinski definition) is 6. The fourth-order valence-electron chi connectivity index (χ4n) is 3.58. The highest BCUT2D eigenvalue weighted by molar-refractivity contribution is 9.10. The minimum Gasteiger partial charge on any atom is -0.493 e. The molecule has 0 radical (unpaired) electrons. The van der Waals surface area contributed by atoms with Crippen LogP contribution in [0.15, 0.2) is 70.0 Å². The van der Waals surface area contributed by atoms with Gasteiger partial charge in [-0.15, -0.1) is 0 Å². The standard InChI is InChI=1S/C27H22BrClN2O5S/c1-16-4-3-5-20(10-16)30-24(32)15-36-25-21(29)11-18(12-22(25)35-2)13-23-26(33)31(27(34)37-23)14-17-6-8-19(28)9-7-17/h3-13H,14-15H2,1-2H3,(H,30,32)/b23-13-. The summed E-state index contributed by atoms with van der Waals surface area (Å²) in [6.45, 7) is 1.83. The van der Waals surface area contributed by atoms with E-state index in [1.807, 2.05) is 49.4 Å². The number of halogens is 2. The van der Waals surface area contributed by atoms with E-state index in [9.17, 15) is 14.4 Å². The number of imide groups is 1. The van der Waals surface area contributed by atoms with Crippen LogP contribution >= 0.6 is 39.3 Å². The summed E-state index contributed by atoms with van der Waals surface area (Å²) in [4.78, 5) is 39.2. The Balaban J connectivity index is 1.46. The molecule has 37 heavy (non-hydrogen) atoms. The van der Waals surface area contributed by atoms with Gasteiger partial charge in [0, 0.05) is 10.2 Å². The molecule has 0 saturated carbocycles. The van der Waals surface area contributed by atoms with Crippen LogP contribution in [-0.4, -0.2) is 35.7 Å². The van der Waals surface area contributed by atoms with Gasteiger partial charge in [0.15, 0.2) is 18.1 Å². The lowest BCUT2D eigenvalue weighted by Gasteiger charge is -2.14. The Morgan fingerprint density at radius 3 is 2.59 bits per heavy atom. The molecule has 1 aliphatic heterocycles. The molecule has 10 heteroatoms. The van der Waals surface area contributed by atoms with Crippen molar-refractivity contribution in [3.05, 3.63) is 91.8 Å². The number of nitrogens with zero attached hydrogens (tertiary/aromatic N) is 1. The molecule has 3 aromatic carbocycles. The molecule has 1 heterocycles. The van der Waals surface area contributed by atoms with Crippen LogP contribution in [0.3, 0.4) is 0 Å². The molecule has 1 aliphatic rings. The molecule has 1 saturated heterocycles. The Morgan fingerprint density at radius 2 is 1.89 bits per heavy atom. The predicted octanol–water partition coefficient (Wildman–Crippen LogP) is 6.67. The van der Waals surface area contributed by atoms with Crippen molar-refractivity contribution < 1.29 is 23.9 Å². The van der Waals surface area contributed by atoms with E-state index in [0.717, 1.165) is 27.4 Å². The van der Waals surface area contributed by atoms with Crippen molar-refractivity contribution in [1.29, 1.82) is 0 Å². The van der Waals surface area contributed by atoms with E-state index in [1.165, 1.54) is 12.0 Å². The third-order valence-corrected chi connectivity index (χ3v) is 7.04. The van der Waals surface area contributed by atoms with Gasteiger partial charge in [0.25, 0.3) is 17.1 Å². The normalized spacial score (nSPS) is 14.3. The number of carbonyl (C=O) groups is 3. The first-order valence-corrected chi connectivity index (χ1v) is 13.1. The van der Waals surface area contributed by atoms with E-state index in [1.54, 1.807) is 24.3 Å². The number of carbonyl (C=O) groups excluding carboxylic acids is 3. The second kappa shape index (κ2) is 11.9. The van der Waals surface area contributed by atoms with Gasteiger partial charge >= 0.3 is 0 Å². The minimum atomic E-state index is -0.388. The fourth-order valence-corrected chi connectivity index (χ4v) is 4.96. The summed E-state index contributed by atoms with van der Waals surface area (Å²) in [5.41, 5.74) is 3.07. The van der Waals surface area contributed by atoms with Crippen molar-refractivity contribution >= 4 is 68.1 Å². The third-order valence-electron chi connectivity index (χ3n) is 5.33. The molecule has 0 unspecified atom stereocenters. The number of rotatable bonds is 8. The average molecular weight is 602 g/mol. The van der Waals surface area contributed by atoms with E-state index >= 15 is 0 Å². The zero-order valence-corrected chi connectivity index (χ0v) is 23.1. The highest BCUT2D eigenvalue weighted by Crippen LogP contribution is 2.39. The first-order chi connectivity index (χ1) is 17.7. The lowest BCUT2D eigenvalue weighted by Crippen LogP contribution is -2.27. The first kappa shape index (κ1) is 26.8. The van der Waals surface area contributed by atoms with Crippen LogP contribution < -0.4 is 14.8 Å². The largest absolute Gasteiger partial charge is 0.493 e. The van der Waals surface area contributed by atoms with Gasteiger partial charge in [0.05, 0.1) is 23.6 Å². The summed E-state index contributed by atoms with van der Waals surface area (Å²) in [6.07, 6.45) is 1.58. The van der Waals surface area contributed by atoms with Crippen LogP contribution in [0.5, 0.6) is 11.5 Å². The topological polar surface area (TPSA) is 84.9 Å². The SMILES string of the molecule is COc1cc(/C=C2\SC(=O)N(Cc3ccc(Br)cc3)C2=O)cc(Cl)c1OCC(=O)Nc1cccc(C)c1. The molecule has 1 N–H and O–H groups in total. The number of thioether (sulfide) groups is 1. The number of anilines is 1. The zero-order chi connectivity index (χ0) is 26.5. The Hall–Kier alpha value is -3.27. The summed E-state index contributed by atoms with van der Waals surface area (Å²) in [5.74, 6) is -0.256. The molecule has 0 aliphatic carbocycles. The monoisotopic (exact) mass is 600 g/mol. The number of benzene rings is 3. The molecule has 7 nitrogen and oxygen atoms in total. The van der Waals surface area contributed by atoms with Gasteiger partial charge in [-0.1, -0.05) is 51.8 Å². The van der Waals surface area contributed by atoms with Crippen LogP contribution in [0.2, 0.25) is 5.02 Å². The number of amides is 3. The van der Waals surface area contributed by atoms with Crippen LogP contribution in [0, 0.1) is 6.92 Å². The molecule has 190 valence electrons. The van der Waals surface area contributed by atoms with Gasteiger partial charge < -0.3 is 14.8 Å². The lowest BCUT2D eigenvalue weighted by molar-refractivity contribution is -0.123. The molecule has 3 amide bonds. The summed E-state index contributed by atoms with van der Waals surface area (Å²) in [7, 11) is 1.45. The summed E-state index contributed by atoms with van der Waals surface area (Å²) in [6, 6.07) is 18.0. The maximum Gasteiger partial charge on any atom is 0.293 e. The molecule has 0 atom stereocenters. The van der Waals surface area contributed by atoms with Gasteiger partial charge in [-0.05, 0) is 77.9 Å². The van der Waals surface area contributed by atoms with Gasteiger partial charge in [0.1, 0.15) is 0 Å². The van der Waals surface area contributed by atoms with Crippen molar-refractivity contribution in [2.45, 2.75) is 13.5 Å². The Labute approximate surface area is 231 Å². The lowest BCUT2D eigenvalue weighted by atomic mass is 10.1. The van der Waals surface area contributed by atoms with E-state index < -0.39 is 0 Å². The average Bonchev–Trinajstić information content (AvgIpc) is 3.11. The zero-order valence-electron chi connectivity index (χ0n) is 19.9. The van der Waals surface area contributed by atoms with Crippen LogP contribution in [-0.2, 0) is 16.1 Å². The second-order valence-corrected chi connectivity index (χ2v) is 10.5. The number of methoxy groups -OCH3 is 1.